The molecule has 9 heteroatoms. The summed E-state index contributed by atoms with van der Waals surface area (Å²) < 4.78 is 29.7. The van der Waals surface area contributed by atoms with Gasteiger partial charge < -0.3 is 10.2 Å². The molecule has 2 amide bonds. The molecule has 40 heavy (non-hydrogen) atoms. The molecule has 0 heterocycles. The number of halogens is 1. The maximum Gasteiger partial charge on any atom is 0.264 e. The Hall–Kier alpha value is -3.17. The van der Waals surface area contributed by atoms with Crippen molar-refractivity contribution in [2.45, 2.75) is 57.4 Å². The maximum atomic E-state index is 14.0. The lowest BCUT2D eigenvalue weighted by Crippen LogP contribution is -2.53. The Labute approximate surface area is 246 Å². The van der Waals surface area contributed by atoms with Crippen molar-refractivity contribution >= 4 is 43.5 Å². The molecule has 1 atom stereocenters. The van der Waals surface area contributed by atoms with E-state index in [1.54, 1.807) is 48.5 Å². The number of unbranched alkanes of at least 4 members (excludes halogenated alkanes) is 1. The summed E-state index contributed by atoms with van der Waals surface area (Å²) in [6.45, 7) is 6.16. The minimum atomic E-state index is -4.08. The zero-order valence-electron chi connectivity index (χ0n) is 23.3. The van der Waals surface area contributed by atoms with Gasteiger partial charge >= 0.3 is 0 Å². The van der Waals surface area contributed by atoms with E-state index in [4.69, 9.17) is 0 Å². The van der Waals surface area contributed by atoms with Crippen molar-refractivity contribution in [2.75, 3.05) is 23.9 Å². The second kappa shape index (κ2) is 15.0. The molecule has 0 aliphatic rings. The summed E-state index contributed by atoms with van der Waals surface area (Å²) >= 11 is 3.40. The lowest BCUT2D eigenvalue weighted by Gasteiger charge is -2.33. The molecule has 0 saturated carbocycles. The van der Waals surface area contributed by atoms with Crippen molar-refractivity contribution in [3.05, 3.63) is 94.5 Å². The summed E-state index contributed by atoms with van der Waals surface area (Å²) in [4.78, 5) is 28.8. The summed E-state index contributed by atoms with van der Waals surface area (Å²) in [5, 5.41) is 2.95. The molecule has 1 N–H and O–H groups in total. The Morgan fingerprint density at radius 2 is 1.57 bits per heavy atom. The first kappa shape index (κ1) is 31.4. The van der Waals surface area contributed by atoms with Crippen LogP contribution in [0.5, 0.6) is 0 Å². The van der Waals surface area contributed by atoms with Gasteiger partial charge in [0.1, 0.15) is 12.6 Å². The second-order valence-corrected chi connectivity index (χ2v) is 12.5. The van der Waals surface area contributed by atoms with Crippen molar-refractivity contribution in [3.63, 3.8) is 0 Å². The number of nitrogens with zero attached hydrogens (tertiary/aromatic N) is 2. The minimum absolute atomic E-state index is 0.0917. The van der Waals surface area contributed by atoms with Crippen LogP contribution < -0.4 is 9.62 Å². The van der Waals surface area contributed by atoms with Crippen LogP contribution in [0.4, 0.5) is 5.69 Å². The normalized spacial score (nSPS) is 12.0. The third-order valence-corrected chi connectivity index (χ3v) is 9.02. The SMILES string of the molecule is CCCCNC(=O)[C@H](CC)N(CCc1ccccc1)C(=O)CN(c1ccc(Br)cc1)S(=O)(=O)c1ccc(C)cc1. The average molecular weight is 629 g/mol. The summed E-state index contributed by atoms with van der Waals surface area (Å²) in [5.74, 6) is -0.666. The molecule has 0 spiro atoms. The Morgan fingerprint density at radius 1 is 0.925 bits per heavy atom. The number of sulfonamides is 1. The molecule has 0 unspecified atom stereocenters. The van der Waals surface area contributed by atoms with Gasteiger partial charge in [-0.2, -0.15) is 0 Å². The zero-order valence-corrected chi connectivity index (χ0v) is 25.7. The molecule has 7 nitrogen and oxygen atoms in total. The van der Waals surface area contributed by atoms with Crippen LogP contribution in [0.15, 0.2) is 88.2 Å². The van der Waals surface area contributed by atoms with Crippen molar-refractivity contribution in [1.29, 1.82) is 0 Å². The van der Waals surface area contributed by atoms with E-state index in [2.05, 4.69) is 21.2 Å². The van der Waals surface area contributed by atoms with Gasteiger partial charge in [0.05, 0.1) is 10.6 Å². The fourth-order valence-corrected chi connectivity index (χ4v) is 6.05. The van der Waals surface area contributed by atoms with Crippen LogP contribution in [-0.2, 0) is 26.0 Å². The first-order valence-electron chi connectivity index (χ1n) is 13.6. The van der Waals surface area contributed by atoms with Crippen molar-refractivity contribution in [1.82, 2.24) is 10.2 Å². The van der Waals surface area contributed by atoms with E-state index in [1.807, 2.05) is 51.1 Å². The zero-order chi connectivity index (χ0) is 29.1. The highest BCUT2D eigenvalue weighted by atomic mass is 79.9. The second-order valence-electron chi connectivity index (χ2n) is 9.69. The molecule has 0 aromatic heterocycles. The van der Waals surface area contributed by atoms with Crippen LogP contribution in [0.1, 0.15) is 44.2 Å². The number of aryl methyl sites for hydroxylation is 1. The molecule has 3 aromatic carbocycles. The van der Waals surface area contributed by atoms with E-state index in [-0.39, 0.29) is 17.3 Å². The number of nitrogens with one attached hydrogen (secondary N) is 1. The molecule has 0 radical (unpaired) electrons. The van der Waals surface area contributed by atoms with Gasteiger partial charge in [-0.3, -0.25) is 13.9 Å². The molecular weight excluding hydrogens is 590 g/mol. The first-order chi connectivity index (χ1) is 19.2. The Balaban J connectivity index is 1.97. The number of amides is 2. The summed E-state index contributed by atoms with van der Waals surface area (Å²) in [7, 11) is -4.08. The Bertz CT molecular complexity index is 1350. The predicted octanol–water partition coefficient (Wildman–Crippen LogP) is 5.72. The van der Waals surface area contributed by atoms with Gasteiger partial charge in [0.2, 0.25) is 11.8 Å². The van der Waals surface area contributed by atoms with E-state index in [1.165, 1.54) is 4.90 Å². The maximum absolute atomic E-state index is 14.0. The van der Waals surface area contributed by atoms with Gasteiger partial charge in [-0.25, -0.2) is 8.42 Å². The topological polar surface area (TPSA) is 86.8 Å². The fourth-order valence-electron chi connectivity index (χ4n) is 4.38. The van der Waals surface area contributed by atoms with Crippen molar-refractivity contribution < 1.29 is 18.0 Å². The third-order valence-electron chi connectivity index (χ3n) is 6.70. The number of benzene rings is 3. The first-order valence-corrected chi connectivity index (χ1v) is 15.9. The summed E-state index contributed by atoms with van der Waals surface area (Å²) in [6.07, 6.45) is 2.72. The van der Waals surface area contributed by atoms with Gasteiger partial charge in [-0.05, 0) is 68.1 Å². The Morgan fingerprint density at radius 3 is 2.17 bits per heavy atom. The van der Waals surface area contributed by atoms with Crippen LogP contribution >= 0.6 is 15.9 Å². The van der Waals surface area contributed by atoms with Crippen molar-refractivity contribution in [3.8, 4) is 0 Å². The molecule has 0 bridgehead atoms. The van der Waals surface area contributed by atoms with Gasteiger partial charge in [-0.15, -0.1) is 0 Å². The van der Waals surface area contributed by atoms with Gasteiger partial charge in [0, 0.05) is 17.6 Å². The molecule has 0 aliphatic heterocycles. The molecule has 3 rings (SSSR count). The molecule has 0 saturated heterocycles. The smallest absolute Gasteiger partial charge is 0.264 e. The average Bonchev–Trinajstić information content (AvgIpc) is 2.95. The summed E-state index contributed by atoms with van der Waals surface area (Å²) in [6, 6.07) is 22.4. The van der Waals surface area contributed by atoms with Crippen LogP contribution in [0, 0.1) is 6.92 Å². The van der Waals surface area contributed by atoms with E-state index in [0.29, 0.717) is 25.1 Å². The molecular formula is C31H38BrN3O4S. The van der Waals surface area contributed by atoms with Gasteiger partial charge in [0.25, 0.3) is 10.0 Å². The highest BCUT2D eigenvalue weighted by Crippen LogP contribution is 2.26. The van der Waals surface area contributed by atoms with Crippen LogP contribution in [0.25, 0.3) is 0 Å². The standard InChI is InChI=1S/C31H38BrN3O4S/c1-4-6-21-33-31(37)29(5-2)34(22-20-25-10-8-7-9-11-25)30(36)23-35(27-16-14-26(32)15-17-27)40(38,39)28-18-12-24(3)13-19-28/h7-19,29H,4-6,20-23H2,1-3H3,(H,33,37)/t29-/m0/s1. The number of anilines is 1. The fraction of sp³-hybridized carbons (Fsp3) is 0.355. The highest BCUT2D eigenvalue weighted by molar-refractivity contribution is 9.10. The minimum Gasteiger partial charge on any atom is -0.354 e. The quantitative estimate of drug-likeness (QED) is 0.232. The number of carbonyl (C=O) groups is 2. The van der Waals surface area contributed by atoms with Crippen LogP contribution in [0.2, 0.25) is 0 Å². The monoisotopic (exact) mass is 627 g/mol. The van der Waals surface area contributed by atoms with E-state index in [0.717, 1.165) is 32.7 Å². The molecule has 0 aliphatic carbocycles. The molecule has 0 fully saturated rings. The number of hydrogen-bond donors (Lipinski definition) is 1. The summed E-state index contributed by atoms with van der Waals surface area (Å²) in [5.41, 5.74) is 2.32. The van der Waals surface area contributed by atoms with Gasteiger partial charge in [0.15, 0.2) is 0 Å². The lowest BCUT2D eigenvalue weighted by atomic mass is 10.1. The largest absolute Gasteiger partial charge is 0.354 e. The third kappa shape index (κ3) is 8.41. The number of rotatable bonds is 14. The number of hydrogen-bond acceptors (Lipinski definition) is 4. The highest BCUT2D eigenvalue weighted by Gasteiger charge is 2.33. The predicted molar refractivity (Wildman–Crippen MR) is 164 cm³/mol. The lowest BCUT2D eigenvalue weighted by molar-refractivity contribution is -0.139. The van der Waals surface area contributed by atoms with Crippen LogP contribution in [-0.4, -0.2) is 50.8 Å². The van der Waals surface area contributed by atoms with E-state index >= 15 is 0 Å². The van der Waals surface area contributed by atoms with Gasteiger partial charge in [-0.1, -0.05) is 84.2 Å². The van der Waals surface area contributed by atoms with Crippen LogP contribution in [0.3, 0.4) is 0 Å². The van der Waals surface area contributed by atoms with Crippen molar-refractivity contribution in [2.24, 2.45) is 0 Å². The molecule has 214 valence electrons. The van der Waals surface area contributed by atoms with E-state index in [9.17, 15) is 18.0 Å². The molecule has 3 aromatic rings. The Kier molecular flexibility index (Phi) is 11.8. The van der Waals surface area contributed by atoms with E-state index < -0.39 is 28.5 Å². The number of carbonyl (C=O) groups excluding carboxylic acids is 2.